The standard InChI is InChI=1S/C14H13Br2N/c15-12-7-3-1-5-10(12)9-14(17)11-6-2-4-8-13(11)16/h1-8,14H,9,17H2. The van der Waals surface area contributed by atoms with Gasteiger partial charge in [-0.15, -0.1) is 0 Å². The lowest BCUT2D eigenvalue weighted by molar-refractivity contribution is 0.716. The van der Waals surface area contributed by atoms with Gasteiger partial charge in [0.15, 0.2) is 0 Å². The maximum Gasteiger partial charge on any atom is 0.0347 e. The average molecular weight is 355 g/mol. The fraction of sp³-hybridized carbons (Fsp3) is 0.143. The van der Waals surface area contributed by atoms with Crippen molar-refractivity contribution in [2.75, 3.05) is 0 Å². The van der Waals surface area contributed by atoms with Crippen molar-refractivity contribution < 1.29 is 0 Å². The summed E-state index contributed by atoms with van der Waals surface area (Å²) in [6.07, 6.45) is 0.823. The van der Waals surface area contributed by atoms with Gasteiger partial charge in [0.2, 0.25) is 0 Å². The van der Waals surface area contributed by atoms with Gasteiger partial charge in [0.1, 0.15) is 0 Å². The Labute approximate surface area is 118 Å². The summed E-state index contributed by atoms with van der Waals surface area (Å²) in [5.41, 5.74) is 8.62. The molecule has 0 saturated carbocycles. The summed E-state index contributed by atoms with van der Waals surface area (Å²) in [5, 5.41) is 0. The van der Waals surface area contributed by atoms with Crippen LogP contribution in [0.15, 0.2) is 57.5 Å². The molecule has 0 heterocycles. The van der Waals surface area contributed by atoms with Crippen LogP contribution in [0.25, 0.3) is 0 Å². The molecule has 0 spiro atoms. The lowest BCUT2D eigenvalue weighted by atomic mass is 10.00. The van der Waals surface area contributed by atoms with Gasteiger partial charge in [-0.05, 0) is 29.7 Å². The van der Waals surface area contributed by atoms with Crippen molar-refractivity contribution in [1.29, 1.82) is 0 Å². The van der Waals surface area contributed by atoms with Gasteiger partial charge < -0.3 is 5.73 Å². The van der Waals surface area contributed by atoms with E-state index in [1.165, 1.54) is 5.56 Å². The molecule has 1 atom stereocenters. The van der Waals surface area contributed by atoms with Crippen LogP contribution in [-0.2, 0) is 6.42 Å². The summed E-state index contributed by atoms with van der Waals surface area (Å²) in [6, 6.07) is 16.3. The molecule has 1 nitrogen and oxygen atoms in total. The fourth-order valence-corrected chi connectivity index (χ4v) is 2.81. The third kappa shape index (κ3) is 3.18. The predicted octanol–water partition coefficient (Wildman–Crippen LogP) is 4.45. The van der Waals surface area contributed by atoms with E-state index in [0.29, 0.717) is 0 Å². The SMILES string of the molecule is NC(Cc1ccccc1Br)c1ccccc1Br. The Morgan fingerprint density at radius 2 is 1.47 bits per heavy atom. The molecule has 1 unspecified atom stereocenters. The van der Waals surface area contributed by atoms with E-state index in [9.17, 15) is 0 Å². The summed E-state index contributed by atoms with van der Waals surface area (Å²) in [6.45, 7) is 0. The second-order valence-electron chi connectivity index (χ2n) is 3.92. The molecule has 2 rings (SSSR count). The van der Waals surface area contributed by atoms with E-state index in [1.807, 2.05) is 36.4 Å². The lowest BCUT2D eigenvalue weighted by Crippen LogP contribution is -2.14. The van der Waals surface area contributed by atoms with Crippen molar-refractivity contribution in [2.45, 2.75) is 12.5 Å². The zero-order chi connectivity index (χ0) is 12.3. The van der Waals surface area contributed by atoms with Crippen molar-refractivity contribution in [3.63, 3.8) is 0 Å². The van der Waals surface area contributed by atoms with Crippen LogP contribution in [0.1, 0.15) is 17.2 Å². The minimum atomic E-state index is 0.00396. The van der Waals surface area contributed by atoms with Gasteiger partial charge in [0, 0.05) is 15.0 Å². The molecule has 0 aliphatic rings. The first kappa shape index (κ1) is 12.8. The molecule has 0 aliphatic heterocycles. The second-order valence-corrected chi connectivity index (χ2v) is 5.63. The van der Waals surface area contributed by atoms with Crippen LogP contribution in [0.3, 0.4) is 0 Å². The quantitative estimate of drug-likeness (QED) is 0.865. The van der Waals surface area contributed by atoms with Crippen molar-refractivity contribution in [3.8, 4) is 0 Å². The molecule has 3 heteroatoms. The molecular weight excluding hydrogens is 342 g/mol. The minimum absolute atomic E-state index is 0.00396. The molecule has 0 bridgehead atoms. The van der Waals surface area contributed by atoms with Crippen LogP contribution >= 0.6 is 31.9 Å². The second kappa shape index (κ2) is 5.80. The van der Waals surface area contributed by atoms with Gasteiger partial charge in [-0.1, -0.05) is 68.3 Å². The Morgan fingerprint density at radius 3 is 2.12 bits per heavy atom. The van der Waals surface area contributed by atoms with E-state index < -0.39 is 0 Å². The van der Waals surface area contributed by atoms with E-state index in [0.717, 1.165) is 20.9 Å². The van der Waals surface area contributed by atoms with Crippen LogP contribution in [0.5, 0.6) is 0 Å². The Hall–Kier alpha value is -0.640. The molecule has 88 valence electrons. The van der Waals surface area contributed by atoms with E-state index >= 15 is 0 Å². The Kier molecular flexibility index (Phi) is 4.37. The minimum Gasteiger partial charge on any atom is -0.324 e. The van der Waals surface area contributed by atoms with Crippen molar-refractivity contribution >= 4 is 31.9 Å². The molecular formula is C14H13Br2N. The largest absolute Gasteiger partial charge is 0.324 e. The Morgan fingerprint density at radius 1 is 0.882 bits per heavy atom. The third-order valence-corrected chi connectivity index (χ3v) is 4.20. The first-order valence-electron chi connectivity index (χ1n) is 5.42. The predicted molar refractivity (Wildman–Crippen MR) is 78.9 cm³/mol. The first-order valence-corrected chi connectivity index (χ1v) is 7.00. The highest BCUT2D eigenvalue weighted by molar-refractivity contribution is 9.10. The molecule has 0 fully saturated rings. The number of halogens is 2. The van der Waals surface area contributed by atoms with E-state index in [1.54, 1.807) is 0 Å². The van der Waals surface area contributed by atoms with Gasteiger partial charge >= 0.3 is 0 Å². The molecule has 2 aromatic carbocycles. The monoisotopic (exact) mass is 353 g/mol. The summed E-state index contributed by atoms with van der Waals surface area (Å²) in [4.78, 5) is 0. The van der Waals surface area contributed by atoms with E-state index in [2.05, 4.69) is 44.0 Å². The van der Waals surface area contributed by atoms with Crippen molar-refractivity contribution in [3.05, 3.63) is 68.6 Å². The number of rotatable bonds is 3. The van der Waals surface area contributed by atoms with E-state index in [-0.39, 0.29) is 6.04 Å². The summed E-state index contributed by atoms with van der Waals surface area (Å²) >= 11 is 7.09. The summed E-state index contributed by atoms with van der Waals surface area (Å²) in [5.74, 6) is 0. The molecule has 2 aromatic rings. The van der Waals surface area contributed by atoms with E-state index in [4.69, 9.17) is 5.73 Å². The molecule has 0 amide bonds. The topological polar surface area (TPSA) is 26.0 Å². The summed E-state index contributed by atoms with van der Waals surface area (Å²) in [7, 11) is 0. The van der Waals surface area contributed by atoms with Crippen molar-refractivity contribution in [2.24, 2.45) is 5.73 Å². The Balaban J connectivity index is 2.20. The van der Waals surface area contributed by atoms with Crippen LogP contribution in [0, 0.1) is 0 Å². The third-order valence-electron chi connectivity index (χ3n) is 2.70. The lowest BCUT2D eigenvalue weighted by Gasteiger charge is -2.14. The Bertz CT molecular complexity index is 511. The molecule has 2 N–H and O–H groups in total. The summed E-state index contributed by atoms with van der Waals surface area (Å²) < 4.78 is 2.18. The molecule has 17 heavy (non-hydrogen) atoms. The highest BCUT2D eigenvalue weighted by Gasteiger charge is 2.11. The number of benzene rings is 2. The fourth-order valence-electron chi connectivity index (χ4n) is 1.79. The molecule has 0 radical (unpaired) electrons. The normalized spacial score (nSPS) is 12.4. The van der Waals surface area contributed by atoms with Crippen molar-refractivity contribution in [1.82, 2.24) is 0 Å². The number of hydrogen-bond donors (Lipinski definition) is 1. The van der Waals surface area contributed by atoms with Gasteiger partial charge in [-0.25, -0.2) is 0 Å². The van der Waals surface area contributed by atoms with Crippen LogP contribution < -0.4 is 5.73 Å². The van der Waals surface area contributed by atoms with Gasteiger partial charge in [0.05, 0.1) is 0 Å². The van der Waals surface area contributed by atoms with Gasteiger partial charge in [-0.3, -0.25) is 0 Å². The average Bonchev–Trinajstić information content (AvgIpc) is 2.32. The molecule has 0 saturated heterocycles. The van der Waals surface area contributed by atoms with Gasteiger partial charge in [-0.2, -0.15) is 0 Å². The van der Waals surface area contributed by atoms with Crippen LogP contribution in [-0.4, -0.2) is 0 Å². The maximum atomic E-state index is 6.25. The van der Waals surface area contributed by atoms with Crippen LogP contribution in [0.2, 0.25) is 0 Å². The highest BCUT2D eigenvalue weighted by atomic mass is 79.9. The molecule has 0 aromatic heterocycles. The smallest absolute Gasteiger partial charge is 0.0347 e. The highest BCUT2D eigenvalue weighted by Crippen LogP contribution is 2.26. The van der Waals surface area contributed by atoms with Gasteiger partial charge in [0.25, 0.3) is 0 Å². The number of hydrogen-bond acceptors (Lipinski definition) is 1. The maximum absolute atomic E-state index is 6.25. The number of nitrogens with two attached hydrogens (primary N) is 1. The first-order chi connectivity index (χ1) is 8.18. The van der Waals surface area contributed by atoms with Crippen LogP contribution in [0.4, 0.5) is 0 Å². The zero-order valence-corrected chi connectivity index (χ0v) is 12.4. The zero-order valence-electron chi connectivity index (χ0n) is 9.24. The molecule has 0 aliphatic carbocycles.